The summed E-state index contributed by atoms with van der Waals surface area (Å²) in [5.74, 6) is -2.97. The molecule has 0 aliphatic heterocycles. The van der Waals surface area contributed by atoms with Crippen LogP contribution in [0.25, 0.3) is 0 Å². The van der Waals surface area contributed by atoms with Gasteiger partial charge in [0.25, 0.3) is 17.7 Å². The first-order chi connectivity index (χ1) is 10.5. The molecule has 1 heterocycles. The van der Waals surface area contributed by atoms with E-state index in [9.17, 15) is 18.4 Å². The molecule has 1 N–H and O–H groups in total. The van der Waals surface area contributed by atoms with E-state index in [1.54, 1.807) is 18.2 Å². The second kappa shape index (κ2) is 6.74. The molecule has 0 aliphatic carbocycles. The van der Waals surface area contributed by atoms with Crippen LogP contribution in [0.4, 0.5) is 8.78 Å². The van der Waals surface area contributed by atoms with E-state index in [0.29, 0.717) is 0 Å². The highest BCUT2D eigenvalue weighted by atomic mass is 19.3. The Kier molecular flexibility index (Phi) is 4.77. The summed E-state index contributed by atoms with van der Waals surface area (Å²) >= 11 is 0. The quantitative estimate of drug-likeness (QED) is 0.844. The standard InChI is InChI=1S/C13H11F2N3O4/c1-21-13(20)8(11-17-18-12(22-11)9(14)15)16-10(19)7-5-3-2-4-6-7/h2-6,8-9H,1H3,(H,16,19). The number of carbonyl (C=O) groups is 2. The lowest BCUT2D eigenvalue weighted by Gasteiger charge is -2.12. The third-order valence-electron chi connectivity index (χ3n) is 2.64. The molecule has 1 aromatic heterocycles. The molecule has 0 fully saturated rings. The molecule has 0 saturated heterocycles. The first-order valence-electron chi connectivity index (χ1n) is 6.08. The summed E-state index contributed by atoms with van der Waals surface area (Å²) in [5, 5.41) is 8.75. The van der Waals surface area contributed by atoms with Crippen molar-refractivity contribution in [3.8, 4) is 0 Å². The number of methoxy groups -OCH3 is 1. The number of ether oxygens (including phenoxy) is 1. The third-order valence-corrected chi connectivity index (χ3v) is 2.64. The minimum absolute atomic E-state index is 0.269. The van der Waals surface area contributed by atoms with Gasteiger partial charge in [0.15, 0.2) is 0 Å². The molecule has 7 nitrogen and oxygen atoms in total. The van der Waals surface area contributed by atoms with Crippen molar-refractivity contribution in [2.75, 3.05) is 7.11 Å². The van der Waals surface area contributed by atoms with Crippen LogP contribution < -0.4 is 5.32 Å². The molecule has 1 aromatic carbocycles. The summed E-state index contributed by atoms with van der Waals surface area (Å²) in [6.07, 6.45) is -2.98. The predicted molar refractivity (Wildman–Crippen MR) is 67.9 cm³/mol. The number of hydrogen-bond donors (Lipinski definition) is 1. The minimum atomic E-state index is -2.98. The van der Waals surface area contributed by atoms with Crippen molar-refractivity contribution in [3.05, 3.63) is 47.7 Å². The molecular weight excluding hydrogens is 300 g/mol. The van der Waals surface area contributed by atoms with Gasteiger partial charge in [-0.15, -0.1) is 10.2 Å². The maximum Gasteiger partial charge on any atom is 0.338 e. The number of halogens is 2. The van der Waals surface area contributed by atoms with Crippen molar-refractivity contribution >= 4 is 11.9 Å². The van der Waals surface area contributed by atoms with E-state index in [2.05, 4.69) is 24.7 Å². The number of nitrogens with zero attached hydrogens (tertiary/aromatic N) is 2. The van der Waals surface area contributed by atoms with Crippen molar-refractivity contribution in [3.63, 3.8) is 0 Å². The van der Waals surface area contributed by atoms with Crippen molar-refractivity contribution in [1.29, 1.82) is 0 Å². The first kappa shape index (κ1) is 15.5. The maximum atomic E-state index is 12.5. The van der Waals surface area contributed by atoms with Crippen LogP contribution in [-0.2, 0) is 9.53 Å². The van der Waals surface area contributed by atoms with E-state index in [4.69, 9.17) is 0 Å². The molecule has 0 radical (unpaired) electrons. The molecular formula is C13H11F2N3O4. The summed E-state index contributed by atoms with van der Waals surface area (Å²) in [6.45, 7) is 0. The zero-order valence-corrected chi connectivity index (χ0v) is 11.3. The van der Waals surface area contributed by atoms with E-state index in [1.807, 2.05) is 0 Å². The zero-order valence-electron chi connectivity index (χ0n) is 11.3. The molecule has 9 heteroatoms. The summed E-state index contributed by atoms with van der Waals surface area (Å²) in [5.41, 5.74) is 0.269. The number of amides is 1. The van der Waals surface area contributed by atoms with Gasteiger partial charge in [0.1, 0.15) is 0 Å². The van der Waals surface area contributed by atoms with Crippen LogP contribution >= 0.6 is 0 Å². The van der Waals surface area contributed by atoms with Gasteiger partial charge in [0, 0.05) is 5.56 Å². The molecule has 116 valence electrons. The molecule has 0 saturated carbocycles. The van der Waals surface area contributed by atoms with Crippen LogP contribution in [0.1, 0.15) is 34.6 Å². The molecule has 2 rings (SSSR count). The van der Waals surface area contributed by atoms with Gasteiger partial charge < -0.3 is 14.5 Å². The highest BCUT2D eigenvalue weighted by Crippen LogP contribution is 2.21. The molecule has 2 aromatic rings. The van der Waals surface area contributed by atoms with Gasteiger partial charge in [-0.2, -0.15) is 8.78 Å². The lowest BCUT2D eigenvalue weighted by Crippen LogP contribution is -2.34. The van der Waals surface area contributed by atoms with Gasteiger partial charge in [-0.25, -0.2) is 4.79 Å². The summed E-state index contributed by atoms with van der Waals surface area (Å²) in [7, 11) is 1.08. The van der Waals surface area contributed by atoms with E-state index < -0.39 is 36.1 Å². The summed E-state index contributed by atoms with van der Waals surface area (Å²) < 4.78 is 34.1. The van der Waals surface area contributed by atoms with Gasteiger partial charge in [-0.05, 0) is 12.1 Å². The Bertz CT molecular complexity index is 660. The SMILES string of the molecule is COC(=O)C(NC(=O)c1ccccc1)c1nnc(C(F)F)o1. The van der Waals surface area contributed by atoms with Crippen LogP contribution in [-0.4, -0.2) is 29.2 Å². The number of nitrogens with one attached hydrogen (secondary N) is 1. The lowest BCUT2D eigenvalue weighted by molar-refractivity contribution is -0.143. The number of benzene rings is 1. The monoisotopic (exact) mass is 311 g/mol. The Morgan fingerprint density at radius 1 is 1.18 bits per heavy atom. The molecule has 1 amide bonds. The Balaban J connectivity index is 2.23. The van der Waals surface area contributed by atoms with Crippen molar-refractivity contribution in [2.24, 2.45) is 0 Å². The minimum Gasteiger partial charge on any atom is -0.467 e. The Morgan fingerprint density at radius 2 is 1.82 bits per heavy atom. The fourth-order valence-electron chi connectivity index (χ4n) is 1.59. The predicted octanol–water partition coefficient (Wildman–Crippen LogP) is 1.65. The van der Waals surface area contributed by atoms with E-state index in [-0.39, 0.29) is 5.56 Å². The second-order valence-corrected chi connectivity index (χ2v) is 4.07. The van der Waals surface area contributed by atoms with Gasteiger partial charge >= 0.3 is 12.4 Å². The number of hydrogen-bond acceptors (Lipinski definition) is 6. The molecule has 1 unspecified atom stereocenters. The topological polar surface area (TPSA) is 94.3 Å². The fourth-order valence-corrected chi connectivity index (χ4v) is 1.59. The molecule has 0 aliphatic rings. The average molecular weight is 311 g/mol. The molecule has 22 heavy (non-hydrogen) atoms. The normalized spacial score (nSPS) is 12.0. The maximum absolute atomic E-state index is 12.5. The van der Waals surface area contributed by atoms with E-state index in [1.165, 1.54) is 12.1 Å². The molecule has 1 atom stereocenters. The number of alkyl halides is 2. The lowest BCUT2D eigenvalue weighted by atomic mass is 10.2. The molecule has 0 bridgehead atoms. The summed E-state index contributed by atoms with van der Waals surface area (Å²) in [6, 6.07) is 6.52. The fraction of sp³-hybridized carbons (Fsp3) is 0.231. The highest BCUT2D eigenvalue weighted by molar-refractivity contribution is 5.96. The van der Waals surface area contributed by atoms with Crippen LogP contribution in [0.5, 0.6) is 0 Å². The van der Waals surface area contributed by atoms with Gasteiger partial charge in [-0.1, -0.05) is 18.2 Å². The Hall–Kier alpha value is -2.84. The van der Waals surface area contributed by atoms with Gasteiger partial charge in [-0.3, -0.25) is 4.79 Å². The molecule has 0 spiro atoms. The largest absolute Gasteiger partial charge is 0.467 e. The van der Waals surface area contributed by atoms with E-state index in [0.717, 1.165) is 7.11 Å². The van der Waals surface area contributed by atoms with Crippen LogP contribution in [0, 0.1) is 0 Å². The summed E-state index contributed by atoms with van der Waals surface area (Å²) in [4.78, 5) is 23.7. The zero-order chi connectivity index (χ0) is 16.1. The average Bonchev–Trinajstić information content (AvgIpc) is 3.02. The van der Waals surface area contributed by atoms with E-state index >= 15 is 0 Å². The second-order valence-electron chi connectivity index (χ2n) is 4.07. The van der Waals surface area contributed by atoms with Gasteiger partial charge in [0.05, 0.1) is 7.11 Å². The van der Waals surface area contributed by atoms with Gasteiger partial charge in [0.2, 0.25) is 6.04 Å². The Labute approximate surface area is 123 Å². The van der Waals surface area contributed by atoms with Crippen LogP contribution in [0.15, 0.2) is 34.7 Å². The first-order valence-corrected chi connectivity index (χ1v) is 6.08. The van der Waals surface area contributed by atoms with Crippen LogP contribution in [0.3, 0.4) is 0 Å². The van der Waals surface area contributed by atoms with Crippen molar-refractivity contribution < 1.29 is 27.5 Å². The Morgan fingerprint density at radius 3 is 2.36 bits per heavy atom. The smallest absolute Gasteiger partial charge is 0.338 e. The number of esters is 1. The number of aromatic nitrogens is 2. The highest BCUT2D eigenvalue weighted by Gasteiger charge is 2.31. The number of rotatable bonds is 5. The van der Waals surface area contributed by atoms with Crippen molar-refractivity contribution in [2.45, 2.75) is 12.5 Å². The number of carbonyl (C=O) groups excluding carboxylic acids is 2. The third kappa shape index (κ3) is 3.43. The van der Waals surface area contributed by atoms with Crippen molar-refractivity contribution in [1.82, 2.24) is 15.5 Å². The van der Waals surface area contributed by atoms with Crippen LogP contribution in [0.2, 0.25) is 0 Å².